The Kier molecular flexibility index (Phi) is 1.85. The highest BCUT2D eigenvalue weighted by atomic mass is 16.1. The largest absolute Gasteiger partial charge is 0.298 e. The summed E-state index contributed by atoms with van der Waals surface area (Å²) < 4.78 is 0. The highest BCUT2D eigenvalue weighted by Gasteiger charge is 2.64. The van der Waals surface area contributed by atoms with E-state index in [0.29, 0.717) is 11.7 Å². The Balaban J connectivity index is 2.16. The van der Waals surface area contributed by atoms with Crippen molar-refractivity contribution in [2.24, 2.45) is 22.7 Å². The first-order valence-electron chi connectivity index (χ1n) is 6.60. The van der Waals surface area contributed by atoms with E-state index in [1.165, 1.54) is 12.0 Å². The molecule has 4 saturated carbocycles. The summed E-state index contributed by atoms with van der Waals surface area (Å²) in [5.74, 6) is 1.96. The summed E-state index contributed by atoms with van der Waals surface area (Å²) in [4.78, 5) is 12.6. The molecule has 0 spiro atoms. The second-order valence-corrected chi connectivity index (χ2v) is 6.97. The summed E-state index contributed by atoms with van der Waals surface area (Å²) in [7, 11) is 0. The zero-order valence-corrected chi connectivity index (χ0v) is 10.9. The van der Waals surface area contributed by atoms with E-state index in [9.17, 15) is 4.79 Å². The molecule has 0 aromatic heterocycles. The fourth-order valence-electron chi connectivity index (χ4n) is 4.88. The van der Waals surface area contributed by atoms with Crippen molar-refractivity contribution in [1.29, 1.82) is 0 Å². The molecule has 1 heteroatoms. The number of allylic oxidation sites excluding steroid dienone is 2. The molecule has 4 atom stereocenters. The summed E-state index contributed by atoms with van der Waals surface area (Å²) >= 11 is 0. The molecule has 4 unspecified atom stereocenters. The van der Waals surface area contributed by atoms with E-state index >= 15 is 0 Å². The summed E-state index contributed by atoms with van der Waals surface area (Å²) in [6, 6.07) is 0. The van der Waals surface area contributed by atoms with Crippen LogP contribution in [-0.4, -0.2) is 5.78 Å². The maximum Gasteiger partial charge on any atom is 0.145 e. The van der Waals surface area contributed by atoms with Gasteiger partial charge in [-0.1, -0.05) is 25.0 Å². The molecule has 1 nitrogen and oxygen atoms in total. The molecule has 0 saturated heterocycles. The highest BCUT2D eigenvalue weighted by molar-refractivity contribution is 5.93. The van der Waals surface area contributed by atoms with Crippen LogP contribution in [0.4, 0.5) is 0 Å². The molecule has 4 aliphatic carbocycles. The molecule has 0 aromatic carbocycles. The first-order chi connectivity index (χ1) is 7.38. The molecule has 0 heterocycles. The van der Waals surface area contributed by atoms with Crippen LogP contribution in [0.3, 0.4) is 0 Å². The number of hydrogen-bond acceptors (Lipinski definition) is 1. The number of Topliss-reactive ketones (excluding diaryl/α,β-unsaturated/α-hetero) is 1. The average molecular weight is 218 g/mol. The monoisotopic (exact) mass is 218 g/mol. The second-order valence-electron chi connectivity index (χ2n) is 6.97. The van der Waals surface area contributed by atoms with Gasteiger partial charge in [0.05, 0.1) is 0 Å². The zero-order chi connectivity index (χ0) is 11.7. The van der Waals surface area contributed by atoms with Crippen molar-refractivity contribution >= 4 is 5.78 Å². The molecular formula is C15H22O. The van der Waals surface area contributed by atoms with E-state index < -0.39 is 0 Å². The van der Waals surface area contributed by atoms with Crippen LogP contribution >= 0.6 is 0 Å². The lowest BCUT2D eigenvalue weighted by Gasteiger charge is -2.52. The van der Waals surface area contributed by atoms with Gasteiger partial charge in [-0.2, -0.15) is 0 Å². The van der Waals surface area contributed by atoms with Crippen molar-refractivity contribution in [2.75, 3.05) is 0 Å². The molecule has 4 bridgehead atoms. The zero-order valence-electron chi connectivity index (χ0n) is 10.9. The molecule has 4 rings (SSSR count). The van der Waals surface area contributed by atoms with Crippen molar-refractivity contribution < 1.29 is 4.79 Å². The number of rotatable bonds is 0. The molecule has 0 radical (unpaired) electrons. The topological polar surface area (TPSA) is 17.1 Å². The normalized spacial score (nSPS) is 50.0. The molecule has 16 heavy (non-hydrogen) atoms. The van der Waals surface area contributed by atoms with Crippen LogP contribution < -0.4 is 0 Å². The Hall–Kier alpha value is -0.590. The van der Waals surface area contributed by atoms with Gasteiger partial charge in [0, 0.05) is 10.8 Å². The predicted molar refractivity (Wildman–Crippen MR) is 65.0 cm³/mol. The third kappa shape index (κ3) is 1.00. The molecule has 0 N–H and O–H groups in total. The van der Waals surface area contributed by atoms with E-state index in [1.54, 1.807) is 5.57 Å². The van der Waals surface area contributed by atoms with Gasteiger partial charge in [0.15, 0.2) is 0 Å². The van der Waals surface area contributed by atoms with Crippen LogP contribution in [0.25, 0.3) is 0 Å². The molecular weight excluding hydrogens is 196 g/mol. The number of ketones is 1. The fourth-order valence-corrected chi connectivity index (χ4v) is 4.88. The average Bonchev–Trinajstić information content (AvgIpc) is 2.47. The Bertz CT molecular complexity index is 402. The Morgan fingerprint density at radius 3 is 2.62 bits per heavy atom. The van der Waals surface area contributed by atoms with E-state index in [2.05, 4.69) is 27.7 Å². The number of carbonyl (C=O) groups excluding carboxylic acids is 1. The van der Waals surface area contributed by atoms with Crippen molar-refractivity contribution in [2.45, 2.75) is 53.4 Å². The Morgan fingerprint density at radius 2 is 2.00 bits per heavy atom. The minimum Gasteiger partial charge on any atom is -0.298 e. The predicted octanol–water partition coefficient (Wildman–Crippen LogP) is 3.74. The van der Waals surface area contributed by atoms with Crippen LogP contribution in [0.5, 0.6) is 0 Å². The van der Waals surface area contributed by atoms with Gasteiger partial charge in [0.1, 0.15) is 5.78 Å². The van der Waals surface area contributed by atoms with Gasteiger partial charge in [0.2, 0.25) is 0 Å². The van der Waals surface area contributed by atoms with Gasteiger partial charge >= 0.3 is 0 Å². The van der Waals surface area contributed by atoms with Crippen LogP contribution in [0.1, 0.15) is 53.4 Å². The maximum atomic E-state index is 12.6. The summed E-state index contributed by atoms with van der Waals surface area (Å²) in [5, 5.41) is 0. The van der Waals surface area contributed by atoms with Gasteiger partial charge in [-0.3, -0.25) is 4.79 Å². The van der Waals surface area contributed by atoms with Crippen molar-refractivity contribution in [3.05, 3.63) is 11.1 Å². The van der Waals surface area contributed by atoms with E-state index in [1.807, 2.05) is 0 Å². The molecule has 4 aliphatic rings. The van der Waals surface area contributed by atoms with Crippen molar-refractivity contribution in [1.82, 2.24) is 0 Å². The standard InChI is InChI=1S/C15H22O/c1-9(2)10-8-15(4)12-5-6-14(3,13(15)16)7-11(10)12/h11-12H,5-8H2,1-4H3. The minimum absolute atomic E-state index is 0.00532. The third-order valence-electron chi connectivity index (χ3n) is 5.70. The van der Waals surface area contributed by atoms with Crippen LogP contribution in [-0.2, 0) is 4.79 Å². The first kappa shape index (κ1) is 10.6. The Morgan fingerprint density at radius 1 is 1.31 bits per heavy atom. The van der Waals surface area contributed by atoms with E-state index in [0.717, 1.165) is 25.2 Å². The molecule has 4 fully saturated rings. The number of carbonyl (C=O) groups is 1. The quantitative estimate of drug-likeness (QED) is 0.566. The van der Waals surface area contributed by atoms with Crippen LogP contribution in [0.15, 0.2) is 11.1 Å². The lowest BCUT2D eigenvalue weighted by molar-refractivity contribution is -0.153. The van der Waals surface area contributed by atoms with Crippen LogP contribution in [0, 0.1) is 22.7 Å². The molecule has 0 aliphatic heterocycles. The first-order valence-corrected chi connectivity index (χ1v) is 6.60. The van der Waals surface area contributed by atoms with Gasteiger partial charge in [-0.05, 0) is 51.4 Å². The van der Waals surface area contributed by atoms with Crippen molar-refractivity contribution in [3.63, 3.8) is 0 Å². The SMILES string of the molecule is CC(C)=C1CC2(C)C(=O)C3(C)CCC2C1C3. The highest BCUT2D eigenvalue weighted by Crippen LogP contribution is 2.67. The van der Waals surface area contributed by atoms with E-state index in [-0.39, 0.29) is 10.8 Å². The Labute approximate surface area is 98.3 Å². The fraction of sp³-hybridized carbons (Fsp3) is 0.800. The minimum atomic E-state index is -0.0114. The maximum absolute atomic E-state index is 12.6. The van der Waals surface area contributed by atoms with Gasteiger partial charge in [-0.25, -0.2) is 0 Å². The van der Waals surface area contributed by atoms with E-state index in [4.69, 9.17) is 0 Å². The summed E-state index contributed by atoms with van der Waals surface area (Å²) in [6.07, 6.45) is 4.60. The number of hydrogen-bond donors (Lipinski definition) is 0. The summed E-state index contributed by atoms with van der Waals surface area (Å²) in [5.41, 5.74) is 3.08. The third-order valence-corrected chi connectivity index (χ3v) is 5.70. The summed E-state index contributed by atoms with van der Waals surface area (Å²) in [6.45, 7) is 8.89. The molecule has 88 valence electrons. The molecule has 0 aromatic rings. The van der Waals surface area contributed by atoms with Gasteiger partial charge < -0.3 is 0 Å². The van der Waals surface area contributed by atoms with Crippen LogP contribution in [0.2, 0.25) is 0 Å². The smallest absolute Gasteiger partial charge is 0.145 e. The lowest BCUT2D eigenvalue weighted by atomic mass is 9.50. The van der Waals surface area contributed by atoms with Gasteiger partial charge in [-0.15, -0.1) is 0 Å². The van der Waals surface area contributed by atoms with Crippen molar-refractivity contribution in [3.8, 4) is 0 Å². The number of fused-ring (bicyclic) bond motifs is 1. The lowest BCUT2D eigenvalue weighted by Crippen LogP contribution is -2.53. The van der Waals surface area contributed by atoms with Gasteiger partial charge in [0.25, 0.3) is 0 Å². The second kappa shape index (κ2) is 2.80. The molecule has 0 amide bonds.